The molecule has 13 heavy (non-hydrogen) atoms. The van der Waals surface area contributed by atoms with Crippen LogP contribution >= 0.6 is 0 Å². The summed E-state index contributed by atoms with van der Waals surface area (Å²) in [6, 6.07) is 0. The number of hydrogen-bond donors (Lipinski definition) is 0. The lowest BCUT2D eigenvalue weighted by Crippen LogP contribution is -2.17. The molecule has 0 amide bonds. The van der Waals surface area contributed by atoms with Gasteiger partial charge in [0.1, 0.15) is 0 Å². The summed E-state index contributed by atoms with van der Waals surface area (Å²) >= 11 is 0. The van der Waals surface area contributed by atoms with Crippen molar-refractivity contribution in [3.63, 3.8) is 0 Å². The molecule has 0 aromatic rings. The van der Waals surface area contributed by atoms with Gasteiger partial charge in [0, 0.05) is 0 Å². The van der Waals surface area contributed by atoms with Gasteiger partial charge < -0.3 is 0 Å². The van der Waals surface area contributed by atoms with Gasteiger partial charge in [-0.2, -0.15) is 0 Å². The molecular formula is C13H22. The van der Waals surface area contributed by atoms with Crippen molar-refractivity contribution in [3.05, 3.63) is 24.3 Å². The fourth-order valence-electron chi connectivity index (χ4n) is 2.13. The first kappa shape index (κ1) is 10.6. The highest BCUT2D eigenvalue weighted by atomic mass is 14.2. The summed E-state index contributed by atoms with van der Waals surface area (Å²) in [6.45, 7) is 7.06. The number of hydrogen-bond acceptors (Lipinski definition) is 0. The van der Waals surface area contributed by atoms with Gasteiger partial charge in [-0.1, -0.05) is 57.9 Å². The maximum atomic E-state index is 2.40. The van der Waals surface area contributed by atoms with Gasteiger partial charge in [-0.05, 0) is 24.2 Å². The summed E-state index contributed by atoms with van der Waals surface area (Å²) < 4.78 is 0. The largest absolute Gasteiger partial charge is 0.0840 e. The molecule has 0 heteroatoms. The van der Waals surface area contributed by atoms with E-state index in [0.717, 1.165) is 17.8 Å². The van der Waals surface area contributed by atoms with E-state index >= 15 is 0 Å². The molecule has 0 N–H and O–H groups in total. The Morgan fingerprint density at radius 1 is 1.31 bits per heavy atom. The predicted octanol–water partition coefficient (Wildman–Crippen LogP) is 4.19. The third kappa shape index (κ3) is 3.02. The van der Waals surface area contributed by atoms with Gasteiger partial charge in [-0.3, -0.25) is 0 Å². The molecular weight excluding hydrogens is 156 g/mol. The number of allylic oxidation sites excluding steroid dienone is 4. The van der Waals surface area contributed by atoms with Gasteiger partial charge in [0.25, 0.3) is 0 Å². The van der Waals surface area contributed by atoms with Crippen molar-refractivity contribution >= 4 is 0 Å². The van der Waals surface area contributed by atoms with Crippen molar-refractivity contribution < 1.29 is 0 Å². The zero-order valence-corrected chi connectivity index (χ0v) is 9.16. The topological polar surface area (TPSA) is 0 Å². The van der Waals surface area contributed by atoms with Crippen molar-refractivity contribution in [1.82, 2.24) is 0 Å². The zero-order valence-electron chi connectivity index (χ0n) is 9.16. The van der Waals surface area contributed by atoms with Gasteiger partial charge in [0.15, 0.2) is 0 Å². The fourth-order valence-corrected chi connectivity index (χ4v) is 2.13. The third-order valence-corrected chi connectivity index (χ3v) is 3.33. The SMILES string of the molecule is CCCC(C)C(C)C1C=CC=CC1. The smallest absolute Gasteiger partial charge is 0.0167 e. The molecule has 3 atom stereocenters. The lowest BCUT2D eigenvalue weighted by Gasteiger charge is -2.26. The molecule has 0 aliphatic heterocycles. The maximum absolute atomic E-state index is 2.40. The average Bonchev–Trinajstić information content (AvgIpc) is 2.18. The Hall–Kier alpha value is -0.520. The van der Waals surface area contributed by atoms with Crippen LogP contribution in [0.5, 0.6) is 0 Å². The van der Waals surface area contributed by atoms with Crippen LogP contribution in [0.1, 0.15) is 40.0 Å². The van der Waals surface area contributed by atoms with Crippen LogP contribution in [-0.2, 0) is 0 Å². The molecule has 0 fully saturated rings. The van der Waals surface area contributed by atoms with Gasteiger partial charge in [-0.25, -0.2) is 0 Å². The van der Waals surface area contributed by atoms with E-state index in [1.54, 1.807) is 0 Å². The summed E-state index contributed by atoms with van der Waals surface area (Å²) in [7, 11) is 0. The van der Waals surface area contributed by atoms with Crippen LogP contribution < -0.4 is 0 Å². The highest BCUT2D eigenvalue weighted by Crippen LogP contribution is 2.29. The Balaban J connectivity index is 2.42. The van der Waals surface area contributed by atoms with Crippen molar-refractivity contribution in [2.75, 3.05) is 0 Å². The molecule has 0 saturated carbocycles. The molecule has 1 rings (SSSR count). The van der Waals surface area contributed by atoms with E-state index in [9.17, 15) is 0 Å². The van der Waals surface area contributed by atoms with Crippen LogP contribution in [-0.4, -0.2) is 0 Å². The Bertz CT molecular complexity index is 188. The van der Waals surface area contributed by atoms with Gasteiger partial charge in [-0.15, -0.1) is 0 Å². The molecule has 0 aromatic heterocycles. The summed E-state index contributed by atoms with van der Waals surface area (Å²) in [4.78, 5) is 0. The van der Waals surface area contributed by atoms with Crippen LogP contribution in [0.2, 0.25) is 0 Å². The Kier molecular flexibility index (Phi) is 4.27. The fraction of sp³-hybridized carbons (Fsp3) is 0.692. The average molecular weight is 178 g/mol. The lowest BCUT2D eigenvalue weighted by molar-refractivity contribution is 0.287. The molecule has 0 saturated heterocycles. The van der Waals surface area contributed by atoms with Gasteiger partial charge >= 0.3 is 0 Å². The minimum Gasteiger partial charge on any atom is -0.0840 e. The standard InChI is InChI=1S/C13H22/c1-4-8-11(2)12(3)13-9-6-5-7-10-13/h5-7,9,11-13H,4,8,10H2,1-3H3. The van der Waals surface area contributed by atoms with E-state index in [4.69, 9.17) is 0 Å². The summed E-state index contributed by atoms with van der Waals surface area (Å²) in [6.07, 6.45) is 13.0. The first-order chi connectivity index (χ1) is 6.25. The second-order valence-corrected chi connectivity index (χ2v) is 4.34. The second kappa shape index (κ2) is 5.26. The Morgan fingerprint density at radius 2 is 2.08 bits per heavy atom. The normalized spacial score (nSPS) is 25.9. The molecule has 0 nitrogen and oxygen atoms in total. The first-order valence-corrected chi connectivity index (χ1v) is 5.59. The minimum atomic E-state index is 0.784. The quantitative estimate of drug-likeness (QED) is 0.605. The molecule has 0 heterocycles. The third-order valence-electron chi connectivity index (χ3n) is 3.33. The second-order valence-electron chi connectivity index (χ2n) is 4.34. The van der Waals surface area contributed by atoms with E-state index in [-0.39, 0.29) is 0 Å². The zero-order chi connectivity index (χ0) is 9.68. The van der Waals surface area contributed by atoms with Crippen molar-refractivity contribution in [1.29, 1.82) is 0 Å². The maximum Gasteiger partial charge on any atom is -0.0167 e. The first-order valence-electron chi connectivity index (χ1n) is 5.59. The van der Waals surface area contributed by atoms with Crippen molar-refractivity contribution in [2.45, 2.75) is 40.0 Å². The van der Waals surface area contributed by atoms with Gasteiger partial charge in [0.2, 0.25) is 0 Å². The van der Waals surface area contributed by atoms with Crippen LogP contribution in [0.4, 0.5) is 0 Å². The molecule has 1 aliphatic carbocycles. The number of rotatable bonds is 4. The molecule has 0 spiro atoms. The highest BCUT2D eigenvalue weighted by Gasteiger charge is 2.19. The van der Waals surface area contributed by atoms with Crippen molar-refractivity contribution in [3.8, 4) is 0 Å². The molecule has 0 aromatic carbocycles. The summed E-state index contributed by atoms with van der Waals surface area (Å²) in [5.74, 6) is 2.49. The van der Waals surface area contributed by atoms with E-state index in [2.05, 4.69) is 45.1 Å². The van der Waals surface area contributed by atoms with Crippen LogP contribution in [0, 0.1) is 17.8 Å². The summed E-state index contributed by atoms with van der Waals surface area (Å²) in [5.41, 5.74) is 0. The van der Waals surface area contributed by atoms with E-state index in [1.807, 2.05) is 0 Å². The van der Waals surface area contributed by atoms with Crippen LogP contribution in [0.25, 0.3) is 0 Å². The molecule has 3 unspecified atom stereocenters. The lowest BCUT2D eigenvalue weighted by atomic mass is 9.79. The Morgan fingerprint density at radius 3 is 2.62 bits per heavy atom. The van der Waals surface area contributed by atoms with E-state index in [0.29, 0.717) is 0 Å². The van der Waals surface area contributed by atoms with E-state index in [1.165, 1.54) is 19.3 Å². The van der Waals surface area contributed by atoms with Crippen molar-refractivity contribution in [2.24, 2.45) is 17.8 Å². The van der Waals surface area contributed by atoms with Gasteiger partial charge in [0.05, 0.1) is 0 Å². The van der Waals surface area contributed by atoms with Crippen LogP contribution in [0.3, 0.4) is 0 Å². The molecule has 0 bridgehead atoms. The molecule has 1 aliphatic rings. The van der Waals surface area contributed by atoms with Crippen LogP contribution in [0.15, 0.2) is 24.3 Å². The van der Waals surface area contributed by atoms with E-state index < -0.39 is 0 Å². The molecule has 0 radical (unpaired) electrons. The predicted molar refractivity (Wildman–Crippen MR) is 59.6 cm³/mol. The Labute approximate surface area is 82.7 Å². The summed E-state index contributed by atoms with van der Waals surface area (Å²) in [5, 5.41) is 0. The molecule has 74 valence electrons. The highest BCUT2D eigenvalue weighted by molar-refractivity contribution is 5.11. The minimum absolute atomic E-state index is 0.784. The monoisotopic (exact) mass is 178 g/mol.